The van der Waals surface area contributed by atoms with Crippen molar-refractivity contribution >= 4 is 22.6 Å². The lowest BCUT2D eigenvalue weighted by Crippen LogP contribution is -2.48. The van der Waals surface area contributed by atoms with Crippen LogP contribution in [0.2, 0.25) is 0 Å². The Morgan fingerprint density at radius 1 is 1.17 bits per heavy atom. The number of hydrogen-bond acceptors (Lipinski definition) is 6. The first kappa shape index (κ1) is 21.0. The highest BCUT2D eigenvalue weighted by molar-refractivity contribution is 6.02. The Morgan fingerprint density at radius 2 is 1.87 bits per heavy atom. The zero-order valence-electron chi connectivity index (χ0n) is 18.0. The van der Waals surface area contributed by atoms with Crippen LogP contribution in [-0.4, -0.2) is 55.4 Å². The first-order valence-electron chi connectivity index (χ1n) is 11.1. The third kappa shape index (κ3) is 4.91. The predicted octanol–water partition coefficient (Wildman–Crippen LogP) is 2.32. The Morgan fingerprint density at radius 3 is 2.57 bits per heavy atom. The second-order valence-corrected chi connectivity index (χ2v) is 8.63. The van der Waals surface area contributed by atoms with Crippen LogP contribution in [0.25, 0.3) is 10.9 Å². The fraction of sp³-hybridized carbons (Fsp3) is 0.565. The van der Waals surface area contributed by atoms with Crippen LogP contribution in [0.3, 0.4) is 0 Å². The fourth-order valence-corrected chi connectivity index (χ4v) is 4.43. The molecule has 2 aliphatic rings. The number of aromatic nitrogens is 1. The van der Waals surface area contributed by atoms with Gasteiger partial charge < -0.3 is 26.0 Å². The molecule has 1 atom stereocenters. The summed E-state index contributed by atoms with van der Waals surface area (Å²) in [5.74, 6) is 0.590. The summed E-state index contributed by atoms with van der Waals surface area (Å²) in [6.45, 7) is 7.28. The lowest BCUT2D eigenvalue weighted by atomic mass is 10.0. The van der Waals surface area contributed by atoms with Crippen molar-refractivity contribution in [3.05, 3.63) is 35.4 Å². The molecule has 3 heterocycles. The maximum atomic E-state index is 12.9. The van der Waals surface area contributed by atoms with Crippen LogP contribution in [0, 0.1) is 6.92 Å². The third-order valence-corrected chi connectivity index (χ3v) is 6.04. The molecule has 162 valence electrons. The molecule has 0 aliphatic carbocycles. The number of amides is 1. The van der Waals surface area contributed by atoms with Gasteiger partial charge in [0.05, 0.1) is 17.2 Å². The van der Waals surface area contributed by atoms with Crippen molar-refractivity contribution in [2.75, 3.05) is 31.2 Å². The molecule has 2 aromatic rings. The molecule has 0 spiro atoms. The molecule has 7 nitrogen and oxygen atoms in total. The van der Waals surface area contributed by atoms with Gasteiger partial charge in [0.1, 0.15) is 5.82 Å². The lowest BCUT2D eigenvalue weighted by molar-refractivity contribution is 0.0738. The standard InChI is InChI=1S/C23H33N5O2/c1-15-3-4-21-17(13-15)14-20(23(29)25-16(2)24)22(27-21)28-9-5-18(6-10-28)26-19-7-11-30-12-8-19/h3-4,13-14,16,18-19,26H,5-12,24H2,1-2H3,(H,25,29). The minimum atomic E-state index is -0.409. The Balaban J connectivity index is 1.53. The van der Waals surface area contributed by atoms with Crippen molar-refractivity contribution in [3.8, 4) is 0 Å². The number of fused-ring (bicyclic) bond motifs is 1. The molecule has 0 bridgehead atoms. The summed E-state index contributed by atoms with van der Waals surface area (Å²) >= 11 is 0. The van der Waals surface area contributed by atoms with Gasteiger partial charge in [-0.3, -0.25) is 4.79 Å². The number of nitrogens with one attached hydrogen (secondary N) is 2. The van der Waals surface area contributed by atoms with Crippen LogP contribution in [0.15, 0.2) is 24.3 Å². The number of carbonyl (C=O) groups is 1. The predicted molar refractivity (Wildman–Crippen MR) is 120 cm³/mol. The van der Waals surface area contributed by atoms with Gasteiger partial charge in [-0.2, -0.15) is 0 Å². The maximum Gasteiger partial charge on any atom is 0.256 e. The van der Waals surface area contributed by atoms with Gasteiger partial charge in [0.15, 0.2) is 0 Å². The van der Waals surface area contributed by atoms with Crippen molar-refractivity contribution < 1.29 is 9.53 Å². The van der Waals surface area contributed by atoms with Gasteiger partial charge >= 0.3 is 0 Å². The van der Waals surface area contributed by atoms with Gasteiger partial charge in [-0.25, -0.2) is 4.98 Å². The van der Waals surface area contributed by atoms with Crippen molar-refractivity contribution in [1.82, 2.24) is 15.6 Å². The Hall–Kier alpha value is -2.22. The number of nitrogens with two attached hydrogens (primary N) is 1. The van der Waals surface area contributed by atoms with Crippen LogP contribution in [-0.2, 0) is 4.74 Å². The molecule has 1 aromatic carbocycles. The second-order valence-electron chi connectivity index (χ2n) is 8.63. The number of benzene rings is 1. The number of aryl methyl sites for hydroxylation is 1. The number of hydrogen-bond donors (Lipinski definition) is 3. The van der Waals surface area contributed by atoms with Crippen LogP contribution >= 0.6 is 0 Å². The summed E-state index contributed by atoms with van der Waals surface area (Å²) in [5, 5.41) is 7.61. The van der Waals surface area contributed by atoms with Crippen LogP contribution < -0.4 is 21.3 Å². The number of piperidine rings is 1. The summed E-state index contributed by atoms with van der Waals surface area (Å²) in [4.78, 5) is 20.0. The van der Waals surface area contributed by atoms with E-state index in [1.807, 2.05) is 19.1 Å². The smallest absolute Gasteiger partial charge is 0.256 e. The highest BCUT2D eigenvalue weighted by Gasteiger charge is 2.26. The molecule has 1 amide bonds. The molecule has 2 fully saturated rings. The van der Waals surface area contributed by atoms with Crippen molar-refractivity contribution in [2.45, 2.75) is 57.8 Å². The van der Waals surface area contributed by atoms with Crippen molar-refractivity contribution in [2.24, 2.45) is 5.73 Å². The van der Waals surface area contributed by atoms with Gasteiger partial charge in [0.2, 0.25) is 0 Å². The average molecular weight is 412 g/mol. The third-order valence-electron chi connectivity index (χ3n) is 6.04. The number of pyridine rings is 1. The van der Waals surface area contributed by atoms with Gasteiger partial charge in [-0.15, -0.1) is 0 Å². The molecule has 7 heteroatoms. The van der Waals surface area contributed by atoms with Crippen LogP contribution in [0.4, 0.5) is 5.82 Å². The molecule has 2 aliphatic heterocycles. The number of ether oxygens (including phenoxy) is 1. The van der Waals surface area contributed by atoms with E-state index in [0.29, 0.717) is 17.6 Å². The molecular weight excluding hydrogens is 378 g/mol. The number of rotatable bonds is 5. The van der Waals surface area contributed by atoms with E-state index in [-0.39, 0.29) is 5.91 Å². The minimum absolute atomic E-state index is 0.168. The monoisotopic (exact) mass is 411 g/mol. The highest BCUT2D eigenvalue weighted by Crippen LogP contribution is 2.27. The first-order valence-corrected chi connectivity index (χ1v) is 11.1. The maximum absolute atomic E-state index is 12.9. The van der Waals surface area contributed by atoms with E-state index in [9.17, 15) is 4.79 Å². The SMILES string of the molecule is Cc1ccc2nc(N3CCC(NC4CCOCC4)CC3)c(C(=O)NC(C)N)cc2c1. The number of nitrogens with zero attached hydrogens (tertiary/aromatic N) is 2. The molecule has 30 heavy (non-hydrogen) atoms. The van der Waals surface area contributed by atoms with E-state index in [1.54, 1.807) is 6.92 Å². The molecule has 2 saturated heterocycles. The minimum Gasteiger partial charge on any atom is -0.381 e. The lowest BCUT2D eigenvalue weighted by Gasteiger charge is -2.36. The Bertz CT molecular complexity index is 887. The van der Waals surface area contributed by atoms with E-state index in [1.165, 1.54) is 0 Å². The second kappa shape index (κ2) is 9.29. The average Bonchev–Trinajstić information content (AvgIpc) is 2.73. The van der Waals surface area contributed by atoms with E-state index >= 15 is 0 Å². The largest absolute Gasteiger partial charge is 0.381 e. The highest BCUT2D eigenvalue weighted by atomic mass is 16.5. The van der Waals surface area contributed by atoms with Gasteiger partial charge in [0, 0.05) is 43.8 Å². The molecule has 1 unspecified atom stereocenters. The van der Waals surface area contributed by atoms with Crippen molar-refractivity contribution in [3.63, 3.8) is 0 Å². The number of anilines is 1. The summed E-state index contributed by atoms with van der Waals surface area (Å²) in [5.41, 5.74) is 8.48. The normalized spacial score (nSPS) is 19.8. The molecule has 4 N–H and O–H groups in total. The van der Waals surface area contributed by atoms with Crippen LogP contribution in [0.5, 0.6) is 0 Å². The summed E-state index contributed by atoms with van der Waals surface area (Å²) < 4.78 is 5.47. The molecule has 1 aromatic heterocycles. The Kier molecular flexibility index (Phi) is 6.51. The van der Waals surface area contributed by atoms with E-state index in [2.05, 4.69) is 27.7 Å². The zero-order chi connectivity index (χ0) is 21.1. The van der Waals surface area contributed by atoms with E-state index in [4.69, 9.17) is 15.5 Å². The van der Waals surface area contributed by atoms with Gasteiger partial charge in [-0.1, -0.05) is 11.6 Å². The zero-order valence-corrected chi connectivity index (χ0v) is 18.0. The summed E-state index contributed by atoms with van der Waals surface area (Å²) in [7, 11) is 0. The summed E-state index contributed by atoms with van der Waals surface area (Å²) in [6, 6.07) is 9.18. The Labute approximate surface area is 178 Å². The van der Waals surface area contributed by atoms with Crippen LogP contribution in [0.1, 0.15) is 48.5 Å². The topological polar surface area (TPSA) is 92.5 Å². The summed E-state index contributed by atoms with van der Waals surface area (Å²) in [6.07, 6.45) is 3.85. The fourth-order valence-electron chi connectivity index (χ4n) is 4.43. The molecule has 0 radical (unpaired) electrons. The molecular formula is C23H33N5O2. The van der Waals surface area contributed by atoms with E-state index in [0.717, 1.165) is 74.3 Å². The molecule has 0 saturated carbocycles. The van der Waals surface area contributed by atoms with Gasteiger partial charge in [0.25, 0.3) is 5.91 Å². The number of carbonyl (C=O) groups excluding carboxylic acids is 1. The quantitative estimate of drug-likeness (QED) is 0.654. The van der Waals surface area contributed by atoms with E-state index < -0.39 is 6.17 Å². The molecule has 4 rings (SSSR count). The first-order chi connectivity index (χ1) is 14.5. The van der Waals surface area contributed by atoms with Crippen molar-refractivity contribution in [1.29, 1.82) is 0 Å². The van der Waals surface area contributed by atoms with Gasteiger partial charge in [-0.05, 0) is 57.7 Å².